The molecule has 0 N–H and O–H groups in total. The Labute approximate surface area is 205 Å². The smallest absolute Gasteiger partial charge is 0.243 e. The van der Waals surface area contributed by atoms with Crippen LogP contribution in [-0.2, 0) is 14.8 Å². The van der Waals surface area contributed by atoms with Crippen molar-refractivity contribution in [2.24, 2.45) is 5.92 Å². The lowest BCUT2D eigenvalue weighted by molar-refractivity contribution is -0.137. The van der Waals surface area contributed by atoms with E-state index in [1.165, 1.54) is 22.5 Å². The molecule has 2 aromatic carbocycles. The molecule has 2 heterocycles. The van der Waals surface area contributed by atoms with Crippen LogP contribution in [-0.4, -0.2) is 69.4 Å². The minimum Gasteiger partial charge on any atom is -0.492 e. The van der Waals surface area contributed by atoms with Gasteiger partial charge in [0, 0.05) is 39.3 Å². The summed E-state index contributed by atoms with van der Waals surface area (Å²) < 4.78 is 47.4. The highest BCUT2D eigenvalue weighted by atomic mass is 35.5. The number of ether oxygens (including phenoxy) is 1. The first-order valence-corrected chi connectivity index (χ1v) is 13.3. The number of amides is 1. The van der Waals surface area contributed by atoms with E-state index in [4.69, 9.17) is 16.3 Å². The zero-order chi connectivity index (χ0) is 24.3. The van der Waals surface area contributed by atoms with Crippen LogP contribution in [0, 0.1) is 11.7 Å². The zero-order valence-electron chi connectivity index (χ0n) is 19.1. The van der Waals surface area contributed by atoms with Crippen LogP contribution in [0.15, 0.2) is 47.4 Å². The van der Waals surface area contributed by atoms with Crippen LogP contribution in [0.4, 0.5) is 10.1 Å². The summed E-state index contributed by atoms with van der Waals surface area (Å²) in [4.78, 5) is 17.0. The summed E-state index contributed by atoms with van der Waals surface area (Å²) in [5.74, 6) is -0.284. The molecule has 2 aromatic rings. The van der Waals surface area contributed by atoms with Crippen molar-refractivity contribution in [3.63, 3.8) is 0 Å². The average molecular weight is 510 g/mol. The number of carbonyl (C=O) groups excluding carboxylic acids is 1. The number of halogens is 2. The number of para-hydroxylation sites is 1. The molecule has 1 atom stereocenters. The predicted octanol–water partition coefficient (Wildman–Crippen LogP) is 3.63. The molecule has 4 rings (SSSR count). The van der Waals surface area contributed by atoms with Crippen LogP contribution >= 0.6 is 11.6 Å². The molecule has 1 amide bonds. The number of anilines is 1. The molecular weight excluding hydrogens is 481 g/mol. The Balaban J connectivity index is 1.40. The summed E-state index contributed by atoms with van der Waals surface area (Å²) >= 11 is 6.20. The molecule has 10 heteroatoms. The van der Waals surface area contributed by atoms with Gasteiger partial charge in [0.15, 0.2) is 0 Å². The molecule has 2 saturated heterocycles. The molecule has 0 spiro atoms. The molecule has 2 aliphatic rings. The quantitative estimate of drug-likeness (QED) is 0.595. The predicted molar refractivity (Wildman–Crippen MR) is 129 cm³/mol. The summed E-state index contributed by atoms with van der Waals surface area (Å²) in [6.45, 7) is 4.77. The molecule has 2 aliphatic heterocycles. The summed E-state index contributed by atoms with van der Waals surface area (Å²) in [7, 11) is -3.79. The largest absolute Gasteiger partial charge is 0.492 e. The fourth-order valence-electron chi connectivity index (χ4n) is 4.56. The minimum absolute atomic E-state index is 0.0437. The Kier molecular flexibility index (Phi) is 7.64. The minimum atomic E-state index is -3.79. The molecule has 0 aromatic heterocycles. The van der Waals surface area contributed by atoms with Crippen LogP contribution in [0.1, 0.15) is 19.8 Å². The van der Waals surface area contributed by atoms with Gasteiger partial charge in [-0.3, -0.25) is 4.79 Å². The van der Waals surface area contributed by atoms with Gasteiger partial charge in [0.05, 0.1) is 28.1 Å². The third-order valence-electron chi connectivity index (χ3n) is 6.36. The van der Waals surface area contributed by atoms with Gasteiger partial charge >= 0.3 is 0 Å². The number of hydrogen-bond acceptors (Lipinski definition) is 5. The molecule has 0 bridgehead atoms. The van der Waals surface area contributed by atoms with Gasteiger partial charge in [0.2, 0.25) is 15.9 Å². The van der Waals surface area contributed by atoms with Gasteiger partial charge in [0.1, 0.15) is 11.6 Å². The highest BCUT2D eigenvalue weighted by molar-refractivity contribution is 7.89. The van der Waals surface area contributed by atoms with Gasteiger partial charge in [-0.25, -0.2) is 12.8 Å². The number of piperazine rings is 1. The summed E-state index contributed by atoms with van der Waals surface area (Å²) in [5.41, 5.74) is 0.540. The lowest BCUT2D eigenvalue weighted by Gasteiger charge is -2.39. The van der Waals surface area contributed by atoms with E-state index in [1.54, 1.807) is 29.2 Å². The number of rotatable bonds is 6. The van der Waals surface area contributed by atoms with E-state index in [9.17, 15) is 17.6 Å². The van der Waals surface area contributed by atoms with Crippen molar-refractivity contribution in [3.8, 4) is 5.75 Å². The Morgan fingerprint density at radius 3 is 2.53 bits per heavy atom. The van der Waals surface area contributed by atoms with E-state index in [0.717, 1.165) is 0 Å². The third-order valence-corrected chi connectivity index (χ3v) is 8.52. The maximum absolute atomic E-state index is 14.1. The summed E-state index contributed by atoms with van der Waals surface area (Å²) in [6, 6.07) is 11.1. The number of piperidine rings is 1. The Hall–Kier alpha value is -2.36. The van der Waals surface area contributed by atoms with Crippen molar-refractivity contribution in [2.45, 2.75) is 24.7 Å². The van der Waals surface area contributed by atoms with Gasteiger partial charge in [-0.05, 0) is 50.1 Å². The molecule has 184 valence electrons. The number of benzene rings is 2. The lowest BCUT2D eigenvalue weighted by atomic mass is 9.97. The van der Waals surface area contributed by atoms with Crippen molar-refractivity contribution in [2.75, 3.05) is 50.8 Å². The molecule has 2 fully saturated rings. The second-order valence-corrected chi connectivity index (χ2v) is 10.8. The number of nitrogens with zero attached hydrogens (tertiary/aromatic N) is 3. The van der Waals surface area contributed by atoms with Crippen molar-refractivity contribution in [1.29, 1.82) is 0 Å². The van der Waals surface area contributed by atoms with Crippen LogP contribution in [0.2, 0.25) is 5.02 Å². The molecule has 0 saturated carbocycles. The van der Waals surface area contributed by atoms with Crippen molar-refractivity contribution >= 4 is 33.2 Å². The maximum Gasteiger partial charge on any atom is 0.243 e. The van der Waals surface area contributed by atoms with Gasteiger partial charge < -0.3 is 14.5 Å². The van der Waals surface area contributed by atoms with Crippen LogP contribution in [0.25, 0.3) is 0 Å². The van der Waals surface area contributed by atoms with E-state index in [2.05, 4.69) is 0 Å². The molecule has 0 unspecified atom stereocenters. The normalized spacial score (nSPS) is 19.8. The van der Waals surface area contributed by atoms with Crippen molar-refractivity contribution in [1.82, 2.24) is 9.21 Å². The monoisotopic (exact) mass is 509 g/mol. The fourth-order valence-corrected chi connectivity index (χ4v) is 6.41. The van der Waals surface area contributed by atoms with E-state index < -0.39 is 15.9 Å². The van der Waals surface area contributed by atoms with Crippen LogP contribution in [0.5, 0.6) is 5.75 Å². The number of hydrogen-bond donors (Lipinski definition) is 0. The number of carbonyl (C=O) groups is 1. The van der Waals surface area contributed by atoms with Gasteiger partial charge in [0.25, 0.3) is 0 Å². The highest BCUT2D eigenvalue weighted by Crippen LogP contribution is 2.31. The molecule has 34 heavy (non-hydrogen) atoms. The van der Waals surface area contributed by atoms with Crippen LogP contribution in [0.3, 0.4) is 0 Å². The summed E-state index contributed by atoms with van der Waals surface area (Å²) in [6.07, 6.45) is 1.25. The first-order valence-electron chi connectivity index (χ1n) is 11.5. The van der Waals surface area contributed by atoms with Crippen molar-refractivity contribution < 1.29 is 22.3 Å². The maximum atomic E-state index is 14.1. The van der Waals surface area contributed by atoms with E-state index in [1.807, 2.05) is 11.8 Å². The van der Waals surface area contributed by atoms with Crippen molar-refractivity contribution in [3.05, 3.63) is 53.3 Å². The SMILES string of the molecule is CCOc1ccc(S(=O)(=O)N2CCC[C@H](C(=O)N3CCN(c4ccccc4F)CC3)C2)cc1Cl. The molecule has 0 radical (unpaired) electrons. The van der Waals surface area contributed by atoms with Gasteiger partial charge in [-0.15, -0.1) is 0 Å². The first kappa shape index (κ1) is 24.8. The average Bonchev–Trinajstić information content (AvgIpc) is 2.85. The summed E-state index contributed by atoms with van der Waals surface area (Å²) in [5, 5.41) is 0.236. The zero-order valence-corrected chi connectivity index (χ0v) is 20.7. The third kappa shape index (κ3) is 5.16. The second-order valence-electron chi connectivity index (χ2n) is 8.49. The Bertz CT molecular complexity index is 1140. The van der Waals surface area contributed by atoms with E-state index in [-0.39, 0.29) is 28.2 Å². The van der Waals surface area contributed by atoms with Crippen LogP contribution < -0.4 is 9.64 Å². The Morgan fingerprint density at radius 2 is 1.85 bits per heavy atom. The van der Waals surface area contributed by atoms with E-state index in [0.29, 0.717) is 63.6 Å². The number of sulfonamides is 1. The first-order chi connectivity index (χ1) is 16.3. The topological polar surface area (TPSA) is 70.2 Å². The van der Waals surface area contributed by atoms with E-state index >= 15 is 0 Å². The molecule has 0 aliphatic carbocycles. The Morgan fingerprint density at radius 1 is 1.12 bits per heavy atom. The highest BCUT2D eigenvalue weighted by Gasteiger charge is 2.36. The molecular formula is C24H29ClFN3O4S. The standard InChI is InChI=1S/C24H29ClFN3O4S/c1-2-33-23-10-9-19(16-20(23)25)34(31,32)29-11-5-6-18(17-29)24(30)28-14-12-27(13-15-28)22-8-4-3-7-21(22)26/h3-4,7-10,16,18H,2,5-6,11-15,17H2,1H3/t18-/m0/s1. The van der Waals surface area contributed by atoms with Gasteiger partial charge in [-0.2, -0.15) is 4.31 Å². The molecule has 7 nitrogen and oxygen atoms in total. The second kappa shape index (κ2) is 10.5. The fraction of sp³-hybridized carbons (Fsp3) is 0.458. The lowest BCUT2D eigenvalue weighted by Crippen LogP contribution is -2.53. The van der Waals surface area contributed by atoms with Gasteiger partial charge in [-0.1, -0.05) is 23.7 Å².